The van der Waals surface area contributed by atoms with Crippen molar-refractivity contribution in [3.8, 4) is 11.8 Å². The number of aromatic hydroxyl groups is 1. The van der Waals surface area contributed by atoms with Crippen molar-refractivity contribution >= 4 is 81.5 Å². The van der Waals surface area contributed by atoms with Gasteiger partial charge in [-0.05, 0) is 36.0 Å². The van der Waals surface area contributed by atoms with Gasteiger partial charge >= 0.3 is 0 Å². The van der Waals surface area contributed by atoms with Crippen LogP contribution >= 0.6 is 23.3 Å². The van der Waals surface area contributed by atoms with Gasteiger partial charge < -0.3 is 5.11 Å². The van der Waals surface area contributed by atoms with Gasteiger partial charge in [-0.3, -0.25) is 4.72 Å². The topological polar surface area (TPSA) is 201 Å². The summed E-state index contributed by atoms with van der Waals surface area (Å²) in [7, 11) is -8.10. The Bertz CT molecular complexity index is 1790. The van der Waals surface area contributed by atoms with Crippen LogP contribution in [-0.4, -0.2) is 43.8 Å². The number of azo groups is 1. The predicted molar refractivity (Wildman–Crippen MR) is 134 cm³/mol. The molecule has 0 unspecified atom stereocenters. The van der Waals surface area contributed by atoms with Crippen LogP contribution in [0.15, 0.2) is 50.5 Å². The summed E-state index contributed by atoms with van der Waals surface area (Å²) in [6.45, 7) is 0. The molecule has 0 saturated heterocycles. The number of hydrogen-bond acceptors (Lipinski definition) is 12. The van der Waals surface area contributed by atoms with E-state index in [1.54, 1.807) is 12.3 Å². The quantitative estimate of drug-likeness (QED) is 0.237. The summed E-state index contributed by atoms with van der Waals surface area (Å²) < 4.78 is 54.5. The molecule has 0 amide bonds. The first-order chi connectivity index (χ1) is 16.4. The minimum absolute atomic E-state index is 0.00802. The number of benzene rings is 2. The maximum Gasteiger partial charge on any atom is 0.241 e. The van der Waals surface area contributed by atoms with Gasteiger partial charge in [-0.25, -0.2) is 27.0 Å². The molecular weight excluding hydrogens is 535 g/mol. The van der Waals surface area contributed by atoms with Crippen molar-refractivity contribution in [3.63, 3.8) is 0 Å². The highest BCUT2D eigenvalue weighted by molar-refractivity contribution is 7.98. The van der Waals surface area contributed by atoms with Crippen LogP contribution in [0.25, 0.3) is 21.8 Å². The number of primary sulfonamides is 1. The number of nitriles is 1. The molecule has 0 fully saturated rings. The fourth-order valence-corrected chi connectivity index (χ4v) is 5.63. The number of thioether (sulfide) groups is 1. The molecular formula is C19H15N7O5S4. The highest BCUT2D eigenvalue weighted by atomic mass is 32.2. The summed E-state index contributed by atoms with van der Waals surface area (Å²) in [6, 6.07) is 8.88. The monoisotopic (exact) mass is 549 g/mol. The summed E-state index contributed by atoms with van der Waals surface area (Å²) in [4.78, 5) is 3.73. The number of rotatable bonds is 6. The zero-order chi connectivity index (χ0) is 25.5. The van der Waals surface area contributed by atoms with E-state index in [1.165, 1.54) is 30.0 Å². The molecule has 0 aliphatic carbocycles. The molecule has 4 N–H and O–H groups in total. The average Bonchev–Trinajstić information content (AvgIpc) is 3.17. The van der Waals surface area contributed by atoms with Crippen molar-refractivity contribution in [1.29, 1.82) is 5.26 Å². The van der Waals surface area contributed by atoms with Gasteiger partial charge in [0.05, 0.1) is 28.6 Å². The minimum atomic E-state index is -4.37. The summed E-state index contributed by atoms with van der Waals surface area (Å²) in [6.07, 6.45) is 2.72. The van der Waals surface area contributed by atoms with Gasteiger partial charge in [-0.15, -0.1) is 22.0 Å². The maximum absolute atomic E-state index is 12.1. The number of hydrogen-bond donors (Lipinski definition) is 3. The largest absolute Gasteiger partial charge is 0.506 e. The van der Waals surface area contributed by atoms with Crippen molar-refractivity contribution in [3.05, 3.63) is 35.9 Å². The first kappa shape index (κ1) is 24.8. The molecule has 0 aliphatic heterocycles. The highest BCUT2D eigenvalue weighted by Gasteiger charge is 2.22. The van der Waals surface area contributed by atoms with E-state index < -0.39 is 30.7 Å². The Labute approximate surface area is 207 Å². The maximum atomic E-state index is 12.1. The van der Waals surface area contributed by atoms with Gasteiger partial charge in [-0.2, -0.15) is 9.64 Å². The molecule has 0 aliphatic rings. The Morgan fingerprint density at radius 3 is 2.57 bits per heavy atom. The Hall–Kier alpha value is -3.36. The van der Waals surface area contributed by atoms with E-state index in [0.29, 0.717) is 21.6 Å². The first-order valence-electron chi connectivity index (χ1n) is 9.38. The molecule has 4 aromatic rings. The Morgan fingerprint density at radius 2 is 1.94 bits per heavy atom. The summed E-state index contributed by atoms with van der Waals surface area (Å²) in [5.41, 5.74) is 0.646. The number of phenolic OH excluding ortho intramolecular Hbond substituents is 1. The molecule has 0 atom stereocenters. The Kier molecular flexibility index (Phi) is 6.38. The smallest absolute Gasteiger partial charge is 0.241 e. The van der Waals surface area contributed by atoms with E-state index in [4.69, 9.17) is 5.14 Å². The van der Waals surface area contributed by atoms with Crippen LogP contribution in [0.1, 0.15) is 5.56 Å². The van der Waals surface area contributed by atoms with E-state index in [2.05, 4.69) is 30.4 Å². The van der Waals surface area contributed by atoms with Gasteiger partial charge in [0.25, 0.3) is 0 Å². The molecule has 35 heavy (non-hydrogen) atoms. The molecule has 0 spiro atoms. The van der Waals surface area contributed by atoms with Crippen LogP contribution in [-0.2, 0) is 20.0 Å². The van der Waals surface area contributed by atoms with Crippen molar-refractivity contribution in [1.82, 2.24) is 9.36 Å². The van der Waals surface area contributed by atoms with Gasteiger partial charge in [0, 0.05) is 10.8 Å². The van der Waals surface area contributed by atoms with Crippen LogP contribution in [0.2, 0.25) is 0 Å². The van der Waals surface area contributed by atoms with Crippen LogP contribution in [0.3, 0.4) is 0 Å². The zero-order valence-corrected chi connectivity index (χ0v) is 21.2. The van der Waals surface area contributed by atoms with Gasteiger partial charge in [0.2, 0.25) is 20.0 Å². The number of sulfonamides is 2. The number of nitrogens with two attached hydrogens (primary N) is 1. The standard InChI is InChI=1S/C19H15N7O5S4/c1-32-18-9(8-20)6-11-17(22-18)25-33-19(11)24-23-13-7-14(35(21,30)31)16(27)10-4-3-5-12(15(10)13)26-34(2,28)29/h3-7,26-27H,1-2H3,(H2,21,30,31)/b24-23+. The lowest BCUT2D eigenvalue weighted by Crippen LogP contribution is -2.13. The second kappa shape index (κ2) is 9.02. The molecule has 0 bridgehead atoms. The molecule has 2 heterocycles. The van der Waals surface area contributed by atoms with Gasteiger partial charge in [0.1, 0.15) is 21.7 Å². The molecule has 16 heteroatoms. The van der Waals surface area contributed by atoms with Crippen molar-refractivity contribution in [2.75, 3.05) is 17.2 Å². The van der Waals surface area contributed by atoms with Crippen LogP contribution < -0.4 is 9.86 Å². The fourth-order valence-electron chi connectivity index (χ4n) is 3.26. The van der Waals surface area contributed by atoms with E-state index in [0.717, 1.165) is 23.9 Å². The number of fused-ring (bicyclic) bond motifs is 2. The van der Waals surface area contributed by atoms with Crippen molar-refractivity contribution in [2.24, 2.45) is 15.4 Å². The highest BCUT2D eigenvalue weighted by Crippen LogP contribution is 2.43. The minimum Gasteiger partial charge on any atom is -0.506 e. The van der Waals surface area contributed by atoms with Crippen LogP contribution in [0.5, 0.6) is 5.75 Å². The molecule has 0 saturated carbocycles. The lowest BCUT2D eigenvalue weighted by molar-refractivity contribution is 0.465. The van der Waals surface area contributed by atoms with Crippen LogP contribution in [0, 0.1) is 11.3 Å². The molecule has 2 aromatic carbocycles. The summed E-state index contributed by atoms with van der Waals surface area (Å²) in [5, 5.41) is 34.9. The number of phenols is 1. The number of pyridine rings is 1. The van der Waals surface area contributed by atoms with Gasteiger partial charge in [-0.1, -0.05) is 12.1 Å². The van der Waals surface area contributed by atoms with E-state index in [1.807, 2.05) is 0 Å². The Balaban J connectivity index is 1.98. The zero-order valence-electron chi connectivity index (χ0n) is 17.9. The molecule has 4 rings (SSSR count). The third-order valence-electron chi connectivity index (χ3n) is 4.66. The van der Waals surface area contributed by atoms with Gasteiger partial charge in [0.15, 0.2) is 10.6 Å². The lowest BCUT2D eigenvalue weighted by Gasteiger charge is -2.13. The van der Waals surface area contributed by atoms with Crippen molar-refractivity contribution < 1.29 is 21.9 Å². The third kappa shape index (κ3) is 4.90. The average molecular weight is 550 g/mol. The second-order valence-electron chi connectivity index (χ2n) is 7.11. The molecule has 180 valence electrons. The second-order valence-corrected chi connectivity index (χ2v) is 11.9. The fraction of sp³-hybridized carbons (Fsp3) is 0.105. The summed E-state index contributed by atoms with van der Waals surface area (Å²) >= 11 is 2.25. The summed E-state index contributed by atoms with van der Waals surface area (Å²) in [5.74, 6) is -0.658. The SMILES string of the molecule is CSc1nc2nsc(/N=N/c3cc(S(N)(=O)=O)c(O)c4cccc(NS(C)(=O)=O)c34)c2cc1C#N. The van der Waals surface area contributed by atoms with E-state index >= 15 is 0 Å². The Morgan fingerprint density at radius 1 is 1.20 bits per heavy atom. The van der Waals surface area contributed by atoms with Crippen LogP contribution in [0.4, 0.5) is 16.4 Å². The van der Waals surface area contributed by atoms with E-state index in [-0.39, 0.29) is 27.1 Å². The third-order valence-corrected chi connectivity index (χ3v) is 7.61. The number of aromatic nitrogens is 2. The number of nitrogens with one attached hydrogen (secondary N) is 1. The lowest BCUT2D eigenvalue weighted by atomic mass is 10.1. The molecule has 12 nitrogen and oxygen atoms in total. The molecule has 2 aromatic heterocycles. The normalized spacial score (nSPS) is 12.4. The number of nitrogens with zero attached hydrogens (tertiary/aromatic N) is 5. The van der Waals surface area contributed by atoms with Crippen molar-refractivity contribution in [2.45, 2.75) is 9.92 Å². The van der Waals surface area contributed by atoms with E-state index in [9.17, 15) is 27.2 Å². The first-order valence-corrected chi connectivity index (χ1v) is 14.8. The predicted octanol–water partition coefficient (Wildman–Crippen LogP) is 3.58. The number of anilines is 1. The molecule has 0 radical (unpaired) electrons.